The van der Waals surface area contributed by atoms with Crippen LogP contribution < -0.4 is 5.32 Å². The number of rotatable bonds is 6. The lowest BCUT2D eigenvalue weighted by Crippen LogP contribution is -2.50. The number of hydrogen-bond acceptors (Lipinski definition) is 5. The van der Waals surface area contributed by atoms with Gasteiger partial charge in [-0.25, -0.2) is 4.39 Å². The highest BCUT2D eigenvalue weighted by Gasteiger charge is 2.32. The van der Waals surface area contributed by atoms with Gasteiger partial charge in [0.15, 0.2) is 6.61 Å². The van der Waals surface area contributed by atoms with E-state index >= 15 is 0 Å². The maximum absolute atomic E-state index is 13.0. The van der Waals surface area contributed by atoms with Crippen molar-refractivity contribution in [2.24, 2.45) is 11.8 Å². The molecule has 1 aromatic rings. The zero-order valence-electron chi connectivity index (χ0n) is 16.9. The standard InChI is InChI=1S/C21H26FN3O4/c1-14(2)21(3,13-23)24-18(26)12-29-20(28)16-8-10-25(11-9-16)19(27)15-4-6-17(22)7-5-15/h4-7,14,16H,8-12H2,1-3H3,(H,24,26)/t21-/m0/s1. The molecule has 1 atom stereocenters. The van der Waals surface area contributed by atoms with Gasteiger partial charge in [0.05, 0.1) is 12.0 Å². The molecule has 1 fully saturated rings. The second kappa shape index (κ2) is 9.50. The van der Waals surface area contributed by atoms with Gasteiger partial charge in [-0.05, 0) is 49.9 Å². The summed E-state index contributed by atoms with van der Waals surface area (Å²) in [7, 11) is 0. The third-order valence-corrected chi connectivity index (χ3v) is 5.34. The smallest absolute Gasteiger partial charge is 0.309 e. The summed E-state index contributed by atoms with van der Waals surface area (Å²) in [6, 6.07) is 7.40. The molecule has 1 heterocycles. The molecule has 7 nitrogen and oxygen atoms in total. The fraction of sp³-hybridized carbons (Fsp3) is 0.524. The maximum atomic E-state index is 13.0. The van der Waals surface area contributed by atoms with Crippen LogP contribution in [-0.2, 0) is 14.3 Å². The SMILES string of the molecule is CC(C)[C@](C)(C#N)NC(=O)COC(=O)C1CCN(C(=O)c2ccc(F)cc2)CC1. The first-order chi connectivity index (χ1) is 13.7. The van der Waals surface area contributed by atoms with E-state index in [4.69, 9.17) is 4.74 Å². The number of halogens is 1. The summed E-state index contributed by atoms with van der Waals surface area (Å²) in [5.41, 5.74) is -0.634. The van der Waals surface area contributed by atoms with Gasteiger partial charge in [-0.3, -0.25) is 14.4 Å². The van der Waals surface area contributed by atoms with Gasteiger partial charge in [-0.2, -0.15) is 5.26 Å². The van der Waals surface area contributed by atoms with Crippen molar-refractivity contribution in [3.8, 4) is 6.07 Å². The fourth-order valence-corrected chi connectivity index (χ4v) is 2.97. The third-order valence-electron chi connectivity index (χ3n) is 5.34. The summed E-state index contributed by atoms with van der Waals surface area (Å²) < 4.78 is 18.1. The lowest BCUT2D eigenvalue weighted by molar-refractivity contribution is -0.154. The molecular formula is C21H26FN3O4. The zero-order chi connectivity index (χ0) is 21.6. The Morgan fingerprint density at radius 1 is 1.28 bits per heavy atom. The molecule has 0 bridgehead atoms. The van der Waals surface area contributed by atoms with Crippen LogP contribution >= 0.6 is 0 Å². The van der Waals surface area contributed by atoms with Gasteiger partial charge in [0.25, 0.3) is 11.8 Å². The normalized spacial score (nSPS) is 16.6. The van der Waals surface area contributed by atoms with Crippen LogP contribution in [-0.4, -0.2) is 47.9 Å². The van der Waals surface area contributed by atoms with E-state index < -0.39 is 35.8 Å². The van der Waals surface area contributed by atoms with Crippen molar-refractivity contribution in [1.29, 1.82) is 5.26 Å². The number of nitrogens with one attached hydrogen (secondary N) is 1. The molecule has 2 amide bonds. The Hall–Kier alpha value is -2.95. The minimum Gasteiger partial charge on any atom is -0.455 e. The molecule has 1 saturated heterocycles. The summed E-state index contributed by atoms with van der Waals surface area (Å²) in [5, 5.41) is 11.8. The number of piperidine rings is 1. The van der Waals surface area contributed by atoms with E-state index in [1.54, 1.807) is 11.8 Å². The predicted octanol–water partition coefficient (Wildman–Crippen LogP) is 2.28. The van der Waals surface area contributed by atoms with E-state index in [1.807, 2.05) is 13.8 Å². The van der Waals surface area contributed by atoms with Gasteiger partial charge in [-0.15, -0.1) is 0 Å². The topological polar surface area (TPSA) is 99.5 Å². The molecule has 1 aromatic carbocycles. The van der Waals surface area contributed by atoms with Crippen LogP contribution in [0.1, 0.15) is 44.0 Å². The van der Waals surface area contributed by atoms with E-state index in [0.29, 0.717) is 31.5 Å². The number of likely N-dealkylation sites (tertiary alicyclic amines) is 1. The van der Waals surface area contributed by atoms with Crippen LogP contribution in [0, 0.1) is 29.0 Å². The number of hydrogen-bond donors (Lipinski definition) is 1. The molecule has 0 aromatic heterocycles. The Balaban J connectivity index is 1.80. The Morgan fingerprint density at radius 2 is 1.86 bits per heavy atom. The average molecular weight is 403 g/mol. The van der Waals surface area contributed by atoms with Gasteiger partial charge >= 0.3 is 5.97 Å². The molecule has 0 spiro atoms. The highest BCUT2D eigenvalue weighted by Crippen LogP contribution is 2.21. The summed E-state index contributed by atoms with van der Waals surface area (Å²) >= 11 is 0. The Labute approximate surface area is 169 Å². The molecule has 1 aliphatic heterocycles. The highest BCUT2D eigenvalue weighted by atomic mass is 19.1. The van der Waals surface area contributed by atoms with Gasteiger partial charge in [0.2, 0.25) is 0 Å². The number of carbonyl (C=O) groups is 3. The van der Waals surface area contributed by atoms with Gasteiger partial charge in [0, 0.05) is 18.7 Å². The molecule has 29 heavy (non-hydrogen) atoms. The van der Waals surface area contributed by atoms with E-state index in [9.17, 15) is 24.0 Å². The van der Waals surface area contributed by atoms with Gasteiger partial charge in [0.1, 0.15) is 11.4 Å². The number of benzene rings is 1. The van der Waals surface area contributed by atoms with Crippen molar-refractivity contribution in [3.05, 3.63) is 35.6 Å². The lowest BCUT2D eigenvalue weighted by atomic mass is 9.90. The average Bonchev–Trinajstić information content (AvgIpc) is 2.72. The van der Waals surface area contributed by atoms with Crippen LogP contribution in [0.2, 0.25) is 0 Å². The van der Waals surface area contributed by atoms with Crippen molar-refractivity contribution in [2.75, 3.05) is 19.7 Å². The van der Waals surface area contributed by atoms with E-state index in [2.05, 4.69) is 11.4 Å². The maximum Gasteiger partial charge on any atom is 0.309 e. The summed E-state index contributed by atoms with van der Waals surface area (Å²) in [4.78, 5) is 38.3. The molecule has 156 valence electrons. The molecule has 1 aliphatic rings. The van der Waals surface area contributed by atoms with Crippen molar-refractivity contribution in [3.63, 3.8) is 0 Å². The Kier molecular flexibility index (Phi) is 7.32. The van der Waals surface area contributed by atoms with E-state index in [0.717, 1.165) is 0 Å². The molecule has 1 N–H and O–H groups in total. The Bertz CT molecular complexity index is 795. The first kappa shape index (κ1) is 22.3. The molecule has 0 unspecified atom stereocenters. The van der Waals surface area contributed by atoms with Crippen molar-refractivity contribution in [2.45, 2.75) is 39.2 Å². The lowest BCUT2D eigenvalue weighted by Gasteiger charge is -2.31. The number of nitrogens with zero attached hydrogens (tertiary/aromatic N) is 2. The number of ether oxygens (including phenoxy) is 1. The summed E-state index contributed by atoms with van der Waals surface area (Å²) in [5.74, 6) is -2.13. The monoisotopic (exact) mass is 403 g/mol. The quantitative estimate of drug-likeness (QED) is 0.735. The van der Waals surface area contributed by atoms with Crippen LogP contribution in [0.3, 0.4) is 0 Å². The van der Waals surface area contributed by atoms with Crippen molar-refractivity contribution >= 4 is 17.8 Å². The Morgan fingerprint density at radius 3 is 2.38 bits per heavy atom. The summed E-state index contributed by atoms with van der Waals surface area (Å²) in [6.45, 7) is 5.56. The second-order valence-electron chi connectivity index (χ2n) is 7.70. The van der Waals surface area contributed by atoms with Gasteiger partial charge < -0.3 is 15.0 Å². The van der Waals surface area contributed by atoms with E-state index in [-0.39, 0.29) is 11.8 Å². The zero-order valence-corrected chi connectivity index (χ0v) is 16.9. The van der Waals surface area contributed by atoms with Crippen molar-refractivity contribution < 1.29 is 23.5 Å². The number of nitriles is 1. The molecule has 0 saturated carbocycles. The predicted molar refractivity (Wildman–Crippen MR) is 103 cm³/mol. The molecular weight excluding hydrogens is 377 g/mol. The third kappa shape index (κ3) is 5.76. The molecule has 0 radical (unpaired) electrons. The number of carbonyl (C=O) groups excluding carboxylic acids is 3. The molecule has 8 heteroatoms. The largest absolute Gasteiger partial charge is 0.455 e. The first-order valence-electron chi connectivity index (χ1n) is 9.60. The highest BCUT2D eigenvalue weighted by molar-refractivity contribution is 5.94. The van der Waals surface area contributed by atoms with Crippen molar-refractivity contribution in [1.82, 2.24) is 10.2 Å². The number of esters is 1. The van der Waals surface area contributed by atoms with Crippen LogP contribution in [0.25, 0.3) is 0 Å². The van der Waals surface area contributed by atoms with Crippen LogP contribution in [0.4, 0.5) is 4.39 Å². The fourth-order valence-electron chi connectivity index (χ4n) is 2.97. The molecule has 2 rings (SSSR count). The minimum absolute atomic E-state index is 0.102. The number of amides is 2. The van der Waals surface area contributed by atoms with Gasteiger partial charge in [-0.1, -0.05) is 13.8 Å². The van der Waals surface area contributed by atoms with Crippen LogP contribution in [0.15, 0.2) is 24.3 Å². The summed E-state index contributed by atoms with van der Waals surface area (Å²) in [6.07, 6.45) is 0.852. The van der Waals surface area contributed by atoms with Crippen LogP contribution in [0.5, 0.6) is 0 Å². The minimum atomic E-state index is -1.03. The second-order valence-corrected chi connectivity index (χ2v) is 7.70. The first-order valence-corrected chi connectivity index (χ1v) is 9.60. The van der Waals surface area contributed by atoms with E-state index in [1.165, 1.54) is 24.3 Å². The molecule has 0 aliphatic carbocycles.